The molecule has 0 aliphatic rings. The Kier molecular flexibility index (Phi) is 9.09. The van der Waals surface area contributed by atoms with Crippen LogP contribution in [0.5, 0.6) is 5.75 Å². The highest BCUT2D eigenvalue weighted by Crippen LogP contribution is 2.39. The van der Waals surface area contributed by atoms with Gasteiger partial charge in [-0.2, -0.15) is 5.10 Å². The maximum absolute atomic E-state index is 14.2. The van der Waals surface area contributed by atoms with E-state index < -0.39 is 17.5 Å². The number of aromatic nitrogens is 4. The van der Waals surface area contributed by atoms with Crippen molar-refractivity contribution in [2.45, 2.75) is 32.9 Å². The summed E-state index contributed by atoms with van der Waals surface area (Å²) in [5.74, 6) is -0.0769. The quantitative estimate of drug-likeness (QED) is 0.180. The van der Waals surface area contributed by atoms with Gasteiger partial charge >= 0.3 is 6.09 Å². The summed E-state index contributed by atoms with van der Waals surface area (Å²) in [7, 11) is 0. The predicted molar refractivity (Wildman–Crippen MR) is 160 cm³/mol. The first kappa shape index (κ1) is 29.2. The molecule has 0 saturated heterocycles. The number of rotatable bonds is 11. The van der Waals surface area contributed by atoms with Crippen LogP contribution in [0.4, 0.5) is 9.18 Å². The number of nitrogens with zero attached hydrogens (tertiary/aromatic N) is 4. The molecule has 0 spiro atoms. The number of hydrogen-bond acceptors (Lipinski definition) is 8. The zero-order valence-corrected chi connectivity index (χ0v) is 24.5. The van der Waals surface area contributed by atoms with Gasteiger partial charge in [-0.25, -0.2) is 9.18 Å². The number of ether oxygens (including phenoxy) is 3. The normalized spacial score (nSPS) is 11.5. The molecule has 0 aliphatic carbocycles. The van der Waals surface area contributed by atoms with E-state index in [1.54, 1.807) is 33.0 Å². The van der Waals surface area contributed by atoms with Crippen LogP contribution in [0, 0.1) is 5.82 Å². The molecule has 9 nitrogen and oxygen atoms in total. The molecule has 2 aromatic carbocycles. The second-order valence-electron chi connectivity index (χ2n) is 10.5. The van der Waals surface area contributed by atoms with E-state index in [0.29, 0.717) is 30.1 Å². The highest BCUT2D eigenvalue weighted by atomic mass is 32.1. The summed E-state index contributed by atoms with van der Waals surface area (Å²) in [5, 5.41) is 19.2. The molecule has 218 valence electrons. The van der Waals surface area contributed by atoms with Crippen LogP contribution in [0.2, 0.25) is 0 Å². The lowest BCUT2D eigenvalue weighted by Gasteiger charge is -2.19. The monoisotopic (exact) mass is 589 g/mol. The number of amides is 1. The van der Waals surface area contributed by atoms with Gasteiger partial charge in [0.25, 0.3) is 0 Å². The number of fused-ring (bicyclic) bond motifs is 1. The summed E-state index contributed by atoms with van der Waals surface area (Å²) in [6.07, 6.45) is 3.25. The summed E-state index contributed by atoms with van der Waals surface area (Å²) in [5.41, 5.74) is 3.43. The van der Waals surface area contributed by atoms with Crippen molar-refractivity contribution in [3.05, 3.63) is 83.8 Å². The molecule has 0 atom stereocenters. The zero-order valence-electron chi connectivity index (χ0n) is 23.7. The third kappa shape index (κ3) is 7.48. The largest absolute Gasteiger partial charge is 0.490 e. The number of benzene rings is 2. The number of thiophene rings is 1. The summed E-state index contributed by atoms with van der Waals surface area (Å²) in [6.45, 7) is 7.06. The van der Waals surface area contributed by atoms with Crippen LogP contribution >= 0.6 is 11.3 Å². The molecule has 0 unspecified atom stereocenters. The van der Waals surface area contributed by atoms with Crippen molar-refractivity contribution in [2.24, 2.45) is 0 Å². The van der Waals surface area contributed by atoms with Crippen LogP contribution in [0.3, 0.4) is 0 Å². The van der Waals surface area contributed by atoms with Crippen molar-refractivity contribution in [1.29, 1.82) is 0 Å². The Balaban J connectivity index is 1.25. The van der Waals surface area contributed by atoms with Gasteiger partial charge in [0.15, 0.2) is 0 Å². The first-order chi connectivity index (χ1) is 20.3. The molecule has 5 rings (SSSR count). The van der Waals surface area contributed by atoms with Crippen molar-refractivity contribution >= 4 is 27.5 Å². The highest BCUT2D eigenvalue weighted by molar-refractivity contribution is 7.17. The van der Waals surface area contributed by atoms with Gasteiger partial charge in [-0.05, 0) is 49.9 Å². The van der Waals surface area contributed by atoms with E-state index in [1.807, 2.05) is 40.5 Å². The van der Waals surface area contributed by atoms with Gasteiger partial charge in [0.1, 0.15) is 35.2 Å². The Labute approximate surface area is 247 Å². The molecule has 0 saturated carbocycles. The van der Waals surface area contributed by atoms with Crippen LogP contribution in [0.25, 0.3) is 32.6 Å². The SMILES string of the molecule is CC(C)(C)OC(=O)NCCOCCOc1cc(F)ccc1-c1nnc(-c2cnn(Cc3ccccc3)c2)c2ccsc12. The van der Waals surface area contributed by atoms with Crippen LogP contribution in [-0.4, -0.2) is 58.0 Å². The van der Waals surface area contributed by atoms with E-state index in [0.717, 1.165) is 26.9 Å². The Bertz CT molecular complexity index is 1650. The Morgan fingerprint density at radius 3 is 2.64 bits per heavy atom. The fourth-order valence-corrected chi connectivity index (χ4v) is 5.17. The van der Waals surface area contributed by atoms with Gasteiger partial charge < -0.3 is 19.5 Å². The summed E-state index contributed by atoms with van der Waals surface area (Å²) in [6, 6.07) is 16.5. The Morgan fingerprint density at radius 1 is 1.02 bits per heavy atom. The maximum Gasteiger partial charge on any atom is 0.407 e. The van der Waals surface area contributed by atoms with Gasteiger partial charge in [-0.1, -0.05) is 30.3 Å². The number of halogens is 1. The molecule has 1 N–H and O–H groups in total. The molecule has 0 bridgehead atoms. The minimum atomic E-state index is -0.563. The molecule has 5 aromatic rings. The average Bonchev–Trinajstić information content (AvgIpc) is 3.62. The Morgan fingerprint density at radius 2 is 1.83 bits per heavy atom. The lowest BCUT2D eigenvalue weighted by molar-refractivity contribution is 0.0489. The second kappa shape index (κ2) is 13.1. The van der Waals surface area contributed by atoms with E-state index >= 15 is 0 Å². The predicted octanol–water partition coefficient (Wildman–Crippen LogP) is 6.33. The number of alkyl carbamates (subject to hydrolysis) is 1. The number of carbonyl (C=O) groups excluding carboxylic acids is 1. The topological polar surface area (TPSA) is 100 Å². The lowest BCUT2D eigenvalue weighted by Crippen LogP contribution is -2.34. The Hall–Kier alpha value is -4.35. The smallest absolute Gasteiger partial charge is 0.407 e. The summed E-state index contributed by atoms with van der Waals surface area (Å²) >= 11 is 1.53. The fraction of sp³-hybridized carbons (Fsp3) is 0.290. The molecule has 1 amide bonds. The standard InChI is InChI=1S/C31H32FN5O4S/c1-31(2,3)41-30(38)33-12-13-39-14-15-40-26-17-23(32)9-10-24(26)28-29-25(11-16-42-29)27(35-36-28)22-18-34-37(20-22)19-21-7-5-4-6-8-21/h4-11,16-18,20H,12-15,19H2,1-3H3,(H,33,38). The van der Waals surface area contributed by atoms with E-state index in [-0.39, 0.29) is 19.8 Å². The van der Waals surface area contributed by atoms with Crippen molar-refractivity contribution in [1.82, 2.24) is 25.3 Å². The molecule has 0 radical (unpaired) electrons. The van der Waals surface area contributed by atoms with Crippen LogP contribution < -0.4 is 10.1 Å². The summed E-state index contributed by atoms with van der Waals surface area (Å²) < 4.78 is 33.7. The summed E-state index contributed by atoms with van der Waals surface area (Å²) in [4.78, 5) is 11.7. The molecule has 42 heavy (non-hydrogen) atoms. The van der Waals surface area contributed by atoms with Gasteiger partial charge in [0, 0.05) is 35.3 Å². The van der Waals surface area contributed by atoms with Gasteiger partial charge in [0.05, 0.1) is 30.7 Å². The first-order valence-corrected chi connectivity index (χ1v) is 14.4. The fourth-order valence-electron chi connectivity index (χ4n) is 4.27. The van der Waals surface area contributed by atoms with Crippen LogP contribution in [-0.2, 0) is 16.0 Å². The molecule has 3 heterocycles. The third-order valence-corrected chi connectivity index (χ3v) is 7.00. The van der Waals surface area contributed by atoms with Crippen LogP contribution in [0.15, 0.2) is 72.4 Å². The molecular weight excluding hydrogens is 557 g/mol. The number of carbonyl (C=O) groups is 1. The van der Waals surface area contributed by atoms with E-state index in [2.05, 4.69) is 32.7 Å². The van der Waals surface area contributed by atoms with Crippen molar-refractivity contribution in [3.63, 3.8) is 0 Å². The highest BCUT2D eigenvalue weighted by Gasteiger charge is 2.19. The molecular formula is C31H32FN5O4S. The van der Waals surface area contributed by atoms with Crippen molar-refractivity contribution < 1.29 is 23.4 Å². The second-order valence-corrected chi connectivity index (χ2v) is 11.4. The third-order valence-electron chi connectivity index (χ3n) is 6.08. The maximum atomic E-state index is 14.2. The van der Waals surface area contributed by atoms with Gasteiger partial charge in [0.2, 0.25) is 0 Å². The minimum absolute atomic E-state index is 0.183. The lowest BCUT2D eigenvalue weighted by atomic mass is 10.1. The van der Waals surface area contributed by atoms with Crippen molar-refractivity contribution in [2.75, 3.05) is 26.4 Å². The first-order valence-electron chi connectivity index (χ1n) is 13.5. The van der Waals surface area contributed by atoms with E-state index in [4.69, 9.17) is 14.2 Å². The zero-order chi connectivity index (χ0) is 29.5. The average molecular weight is 590 g/mol. The molecule has 0 fully saturated rings. The minimum Gasteiger partial charge on any atom is -0.490 e. The van der Waals surface area contributed by atoms with E-state index in [1.165, 1.54) is 23.5 Å². The molecule has 0 aliphatic heterocycles. The molecule has 11 heteroatoms. The van der Waals surface area contributed by atoms with Gasteiger partial charge in [-0.15, -0.1) is 21.5 Å². The van der Waals surface area contributed by atoms with E-state index in [9.17, 15) is 9.18 Å². The van der Waals surface area contributed by atoms with Crippen molar-refractivity contribution in [3.8, 4) is 28.3 Å². The number of nitrogens with one attached hydrogen (secondary N) is 1. The van der Waals surface area contributed by atoms with Gasteiger partial charge in [-0.3, -0.25) is 4.68 Å². The molecule has 3 aromatic heterocycles. The number of hydrogen-bond donors (Lipinski definition) is 1. The van der Waals surface area contributed by atoms with Crippen LogP contribution in [0.1, 0.15) is 26.3 Å².